The van der Waals surface area contributed by atoms with Crippen molar-refractivity contribution in [1.82, 2.24) is 9.55 Å². The first-order valence-corrected chi connectivity index (χ1v) is 7.71. The van der Waals surface area contributed by atoms with Gasteiger partial charge in [0, 0.05) is 12.1 Å². The van der Waals surface area contributed by atoms with E-state index in [0.717, 1.165) is 32.5 Å². The smallest absolute Gasteiger partial charge is 0.141 e. The van der Waals surface area contributed by atoms with Gasteiger partial charge in [-0.25, -0.2) is 4.98 Å². The minimum atomic E-state index is 0.268. The van der Waals surface area contributed by atoms with Gasteiger partial charge in [0.25, 0.3) is 0 Å². The second-order valence-corrected chi connectivity index (χ2v) is 6.02. The molecule has 20 heavy (non-hydrogen) atoms. The van der Waals surface area contributed by atoms with E-state index in [2.05, 4.69) is 39.1 Å². The molecule has 1 N–H and O–H groups in total. The summed E-state index contributed by atoms with van der Waals surface area (Å²) in [6.07, 6.45) is 0. The van der Waals surface area contributed by atoms with Gasteiger partial charge in [0.2, 0.25) is 0 Å². The number of aromatic nitrogens is 2. The standard InChI is InChI=1S/C15H12ClIN2O/c1-2-19-14-10(16)4-3-5-12(14)18-15(19)9-6-7-11(17)13(20)8-9/h3-8,20H,2H2,1H3. The molecule has 0 radical (unpaired) electrons. The van der Waals surface area contributed by atoms with Crippen molar-refractivity contribution in [1.29, 1.82) is 0 Å². The minimum absolute atomic E-state index is 0.268. The van der Waals surface area contributed by atoms with E-state index in [9.17, 15) is 5.11 Å². The van der Waals surface area contributed by atoms with Crippen LogP contribution in [0.4, 0.5) is 0 Å². The van der Waals surface area contributed by atoms with Gasteiger partial charge in [-0.2, -0.15) is 0 Å². The van der Waals surface area contributed by atoms with Gasteiger partial charge < -0.3 is 9.67 Å². The molecule has 3 rings (SSSR count). The number of aromatic hydroxyl groups is 1. The third-order valence-corrected chi connectivity index (χ3v) is 4.46. The van der Waals surface area contributed by atoms with Crippen LogP contribution in [-0.2, 0) is 6.54 Å². The maximum Gasteiger partial charge on any atom is 0.141 e. The molecule has 0 aliphatic rings. The van der Waals surface area contributed by atoms with Crippen molar-refractivity contribution in [3.8, 4) is 17.1 Å². The van der Waals surface area contributed by atoms with E-state index in [-0.39, 0.29) is 5.75 Å². The van der Waals surface area contributed by atoms with Gasteiger partial charge in [0.05, 0.1) is 19.6 Å². The Kier molecular flexibility index (Phi) is 3.60. The molecule has 0 spiro atoms. The number of imidazole rings is 1. The number of phenolic OH excluding ortho intramolecular Hbond substituents is 1. The molecule has 1 aromatic heterocycles. The quantitative estimate of drug-likeness (QED) is 0.636. The number of fused-ring (bicyclic) bond motifs is 1. The zero-order valence-electron chi connectivity index (χ0n) is 10.8. The van der Waals surface area contributed by atoms with Crippen LogP contribution in [0, 0.1) is 3.57 Å². The van der Waals surface area contributed by atoms with E-state index in [4.69, 9.17) is 11.6 Å². The third kappa shape index (κ3) is 2.16. The summed E-state index contributed by atoms with van der Waals surface area (Å²) in [5.41, 5.74) is 2.69. The summed E-state index contributed by atoms with van der Waals surface area (Å²) in [4.78, 5) is 4.65. The van der Waals surface area contributed by atoms with Crippen LogP contribution in [0.2, 0.25) is 5.02 Å². The van der Waals surface area contributed by atoms with Crippen LogP contribution in [0.3, 0.4) is 0 Å². The van der Waals surface area contributed by atoms with Crippen molar-refractivity contribution >= 4 is 45.2 Å². The van der Waals surface area contributed by atoms with Gasteiger partial charge in [-0.15, -0.1) is 0 Å². The average Bonchev–Trinajstić information content (AvgIpc) is 2.82. The summed E-state index contributed by atoms with van der Waals surface area (Å²) >= 11 is 8.39. The molecule has 0 saturated heterocycles. The minimum Gasteiger partial charge on any atom is -0.507 e. The number of nitrogens with zero attached hydrogens (tertiary/aromatic N) is 2. The predicted octanol–water partition coefficient (Wildman–Crippen LogP) is 4.69. The molecule has 3 nitrogen and oxygen atoms in total. The van der Waals surface area contributed by atoms with Crippen molar-refractivity contribution in [3.05, 3.63) is 45.0 Å². The van der Waals surface area contributed by atoms with E-state index in [1.165, 1.54) is 0 Å². The predicted molar refractivity (Wildman–Crippen MR) is 90.2 cm³/mol. The van der Waals surface area contributed by atoms with E-state index in [1.54, 1.807) is 6.07 Å². The second kappa shape index (κ2) is 5.26. The summed E-state index contributed by atoms with van der Waals surface area (Å²) in [7, 11) is 0. The SMILES string of the molecule is CCn1c(-c2ccc(I)c(O)c2)nc2cccc(Cl)c21. The second-order valence-electron chi connectivity index (χ2n) is 4.45. The molecule has 2 aromatic carbocycles. The molecule has 5 heteroatoms. The topological polar surface area (TPSA) is 38.0 Å². The Morgan fingerprint density at radius 2 is 2.10 bits per heavy atom. The molecule has 0 bridgehead atoms. The lowest BCUT2D eigenvalue weighted by Gasteiger charge is -2.07. The Labute approximate surface area is 135 Å². The number of hydrogen-bond acceptors (Lipinski definition) is 2. The van der Waals surface area contributed by atoms with Crippen LogP contribution in [0.25, 0.3) is 22.4 Å². The van der Waals surface area contributed by atoms with Crippen molar-refractivity contribution in [2.45, 2.75) is 13.5 Å². The molecule has 0 atom stereocenters. The number of aryl methyl sites for hydroxylation is 1. The highest BCUT2D eigenvalue weighted by molar-refractivity contribution is 14.1. The molecule has 0 unspecified atom stereocenters. The largest absolute Gasteiger partial charge is 0.507 e. The Hall–Kier alpha value is -1.27. The number of phenols is 1. The maximum atomic E-state index is 9.88. The van der Waals surface area contributed by atoms with Gasteiger partial charge in [-0.1, -0.05) is 17.7 Å². The van der Waals surface area contributed by atoms with E-state index in [0.29, 0.717) is 5.02 Å². The molecule has 0 saturated carbocycles. The summed E-state index contributed by atoms with van der Waals surface area (Å²) < 4.78 is 2.89. The molecular formula is C15H12ClIN2O. The van der Waals surface area contributed by atoms with Gasteiger partial charge in [-0.3, -0.25) is 0 Å². The van der Waals surface area contributed by atoms with Crippen molar-refractivity contribution in [2.75, 3.05) is 0 Å². The summed E-state index contributed by atoms with van der Waals surface area (Å²) in [5, 5.41) is 10.6. The number of hydrogen-bond donors (Lipinski definition) is 1. The first-order valence-electron chi connectivity index (χ1n) is 6.25. The zero-order chi connectivity index (χ0) is 14.3. The Balaban J connectivity index is 2.30. The number of rotatable bonds is 2. The lowest BCUT2D eigenvalue weighted by Crippen LogP contribution is -1.98. The fourth-order valence-corrected chi connectivity index (χ4v) is 2.93. The van der Waals surface area contributed by atoms with E-state index >= 15 is 0 Å². The molecule has 0 aliphatic heterocycles. The van der Waals surface area contributed by atoms with Gasteiger partial charge >= 0.3 is 0 Å². The monoisotopic (exact) mass is 398 g/mol. The van der Waals surface area contributed by atoms with Crippen LogP contribution in [0.5, 0.6) is 5.75 Å². The summed E-state index contributed by atoms with van der Waals surface area (Å²) in [5.74, 6) is 1.09. The average molecular weight is 399 g/mol. The molecule has 1 heterocycles. The third-order valence-electron chi connectivity index (χ3n) is 3.24. The zero-order valence-corrected chi connectivity index (χ0v) is 13.7. The molecule has 3 aromatic rings. The first kappa shape index (κ1) is 13.7. The van der Waals surface area contributed by atoms with Crippen LogP contribution in [0.15, 0.2) is 36.4 Å². The van der Waals surface area contributed by atoms with Crippen molar-refractivity contribution < 1.29 is 5.11 Å². The first-order chi connectivity index (χ1) is 9.61. The van der Waals surface area contributed by atoms with Crippen molar-refractivity contribution in [2.24, 2.45) is 0 Å². The van der Waals surface area contributed by atoms with Gasteiger partial charge in [0.1, 0.15) is 11.6 Å². The lowest BCUT2D eigenvalue weighted by atomic mass is 10.2. The molecular weight excluding hydrogens is 387 g/mol. The maximum absolute atomic E-state index is 9.88. The highest BCUT2D eigenvalue weighted by atomic mass is 127. The molecule has 0 aliphatic carbocycles. The molecule has 0 amide bonds. The summed E-state index contributed by atoms with van der Waals surface area (Å²) in [6.45, 7) is 2.82. The van der Waals surface area contributed by atoms with Crippen LogP contribution >= 0.6 is 34.2 Å². The highest BCUT2D eigenvalue weighted by Gasteiger charge is 2.14. The highest BCUT2D eigenvalue weighted by Crippen LogP contribution is 2.32. The Bertz CT molecular complexity index is 798. The molecule has 0 fully saturated rings. The van der Waals surface area contributed by atoms with Crippen molar-refractivity contribution in [3.63, 3.8) is 0 Å². The Morgan fingerprint density at radius 1 is 1.30 bits per heavy atom. The van der Waals surface area contributed by atoms with E-state index in [1.807, 2.05) is 30.3 Å². The number of halogens is 2. The lowest BCUT2D eigenvalue weighted by molar-refractivity contribution is 0.471. The summed E-state index contributed by atoms with van der Waals surface area (Å²) in [6, 6.07) is 11.3. The van der Waals surface area contributed by atoms with Crippen LogP contribution < -0.4 is 0 Å². The van der Waals surface area contributed by atoms with Gasteiger partial charge in [-0.05, 0) is 59.8 Å². The normalized spacial score (nSPS) is 11.2. The number of benzene rings is 2. The fourth-order valence-electron chi connectivity index (χ4n) is 2.32. The van der Waals surface area contributed by atoms with Crippen LogP contribution in [0.1, 0.15) is 6.92 Å². The fraction of sp³-hybridized carbons (Fsp3) is 0.133. The molecule has 102 valence electrons. The Morgan fingerprint density at radius 3 is 2.80 bits per heavy atom. The van der Waals surface area contributed by atoms with E-state index < -0.39 is 0 Å². The van der Waals surface area contributed by atoms with Gasteiger partial charge in [0.15, 0.2) is 0 Å². The number of para-hydroxylation sites is 1. The van der Waals surface area contributed by atoms with Crippen LogP contribution in [-0.4, -0.2) is 14.7 Å².